The van der Waals surface area contributed by atoms with Crippen LogP contribution in [-0.4, -0.2) is 0 Å². The summed E-state index contributed by atoms with van der Waals surface area (Å²) in [6.07, 6.45) is 7.53. The number of aryl methyl sites for hydroxylation is 2. The Labute approximate surface area is 105 Å². The first-order valence-corrected chi connectivity index (χ1v) is 6.92. The van der Waals surface area contributed by atoms with Crippen molar-refractivity contribution >= 4 is 0 Å². The van der Waals surface area contributed by atoms with Crippen LogP contribution in [0.1, 0.15) is 57.1 Å². The van der Waals surface area contributed by atoms with Gasteiger partial charge in [-0.1, -0.05) is 51.7 Å². The van der Waals surface area contributed by atoms with Gasteiger partial charge < -0.3 is 0 Å². The summed E-state index contributed by atoms with van der Waals surface area (Å²) in [4.78, 5) is 0. The molecule has 0 unspecified atom stereocenters. The Bertz CT molecular complexity index is 324. The molecule has 0 spiro atoms. The standard InChI is InChI=1S/C16H25F/c1-4-6-14(7-5-2)8-9-15-10-11-16(17)13(3)12-15/h10-12,14H,4-9H2,1-3H3. The maximum Gasteiger partial charge on any atom is 0.126 e. The second kappa shape index (κ2) is 7.47. The third kappa shape index (κ3) is 4.89. The van der Waals surface area contributed by atoms with Crippen LogP contribution in [-0.2, 0) is 6.42 Å². The topological polar surface area (TPSA) is 0 Å². The third-order valence-electron chi connectivity index (χ3n) is 3.46. The molecule has 0 aliphatic carbocycles. The molecule has 0 amide bonds. The molecule has 0 fully saturated rings. The number of hydrogen-bond donors (Lipinski definition) is 0. The molecule has 0 bridgehead atoms. The maximum absolute atomic E-state index is 13.1. The fraction of sp³-hybridized carbons (Fsp3) is 0.625. The van der Waals surface area contributed by atoms with Crippen LogP contribution in [0.25, 0.3) is 0 Å². The summed E-state index contributed by atoms with van der Waals surface area (Å²) in [5.74, 6) is 0.753. The fourth-order valence-electron chi connectivity index (χ4n) is 2.48. The minimum absolute atomic E-state index is 0.0904. The van der Waals surface area contributed by atoms with Gasteiger partial charge in [-0.2, -0.15) is 0 Å². The van der Waals surface area contributed by atoms with Crippen molar-refractivity contribution in [3.8, 4) is 0 Å². The molecule has 0 atom stereocenters. The molecule has 1 heteroatoms. The zero-order chi connectivity index (χ0) is 12.7. The van der Waals surface area contributed by atoms with Gasteiger partial charge in [-0.05, 0) is 42.9 Å². The van der Waals surface area contributed by atoms with E-state index >= 15 is 0 Å². The van der Waals surface area contributed by atoms with Gasteiger partial charge in [0.1, 0.15) is 5.82 Å². The summed E-state index contributed by atoms with van der Waals surface area (Å²) in [6.45, 7) is 6.35. The van der Waals surface area contributed by atoms with E-state index in [1.807, 2.05) is 19.1 Å². The molecule has 0 radical (unpaired) electrons. The van der Waals surface area contributed by atoms with E-state index in [2.05, 4.69) is 13.8 Å². The summed E-state index contributed by atoms with van der Waals surface area (Å²) < 4.78 is 13.1. The van der Waals surface area contributed by atoms with Crippen molar-refractivity contribution in [2.75, 3.05) is 0 Å². The van der Waals surface area contributed by atoms with Crippen LogP contribution >= 0.6 is 0 Å². The second-order valence-electron chi connectivity index (χ2n) is 5.07. The molecule has 1 rings (SSSR count). The average molecular weight is 236 g/mol. The van der Waals surface area contributed by atoms with Crippen LogP contribution in [0.5, 0.6) is 0 Å². The van der Waals surface area contributed by atoms with E-state index in [9.17, 15) is 4.39 Å². The SMILES string of the molecule is CCCC(CCC)CCc1ccc(F)c(C)c1. The Morgan fingerprint density at radius 2 is 1.71 bits per heavy atom. The van der Waals surface area contributed by atoms with Crippen LogP contribution in [0.2, 0.25) is 0 Å². The first-order valence-electron chi connectivity index (χ1n) is 6.92. The number of hydrogen-bond acceptors (Lipinski definition) is 0. The fourth-order valence-corrected chi connectivity index (χ4v) is 2.48. The first-order chi connectivity index (χ1) is 8.17. The van der Waals surface area contributed by atoms with Crippen molar-refractivity contribution in [3.63, 3.8) is 0 Å². The van der Waals surface area contributed by atoms with Gasteiger partial charge in [0.2, 0.25) is 0 Å². The Morgan fingerprint density at radius 1 is 1.06 bits per heavy atom. The predicted octanol–water partition coefficient (Wildman–Crippen LogP) is 5.28. The first kappa shape index (κ1) is 14.2. The summed E-state index contributed by atoms with van der Waals surface area (Å²) >= 11 is 0. The molecule has 0 saturated heterocycles. The van der Waals surface area contributed by atoms with Gasteiger partial charge in [0.15, 0.2) is 0 Å². The lowest BCUT2D eigenvalue weighted by Gasteiger charge is -2.15. The molecule has 96 valence electrons. The Hall–Kier alpha value is -0.850. The molecular formula is C16H25F. The highest BCUT2D eigenvalue weighted by Gasteiger charge is 2.07. The number of benzene rings is 1. The van der Waals surface area contributed by atoms with Gasteiger partial charge in [-0.15, -0.1) is 0 Å². The van der Waals surface area contributed by atoms with Crippen molar-refractivity contribution in [3.05, 3.63) is 35.1 Å². The van der Waals surface area contributed by atoms with E-state index in [0.29, 0.717) is 0 Å². The Kier molecular flexibility index (Phi) is 6.25. The molecule has 0 aromatic heterocycles. The molecule has 0 aliphatic heterocycles. The summed E-state index contributed by atoms with van der Waals surface area (Å²) in [6, 6.07) is 5.51. The molecule has 1 aromatic carbocycles. The van der Waals surface area contributed by atoms with Gasteiger partial charge in [-0.25, -0.2) is 4.39 Å². The lowest BCUT2D eigenvalue weighted by molar-refractivity contribution is 0.411. The van der Waals surface area contributed by atoms with E-state index in [1.165, 1.54) is 37.7 Å². The van der Waals surface area contributed by atoms with Crippen molar-refractivity contribution in [1.82, 2.24) is 0 Å². The minimum atomic E-state index is -0.0904. The minimum Gasteiger partial charge on any atom is -0.207 e. The van der Waals surface area contributed by atoms with Gasteiger partial charge >= 0.3 is 0 Å². The van der Waals surface area contributed by atoms with E-state index < -0.39 is 0 Å². The van der Waals surface area contributed by atoms with Gasteiger partial charge in [0, 0.05) is 0 Å². The van der Waals surface area contributed by atoms with Crippen LogP contribution in [0, 0.1) is 18.7 Å². The molecule has 0 saturated carbocycles. The van der Waals surface area contributed by atoms with E-state index in [4.69, 9.17) is 0 Å². The van der Waals surface area contributed by atoms with Crippen LogP contribution in [0.15, 0.2) is 18.2 Å². The maximum atomic E-state index is 13.1. The normalized spacial score (nSPS) is 11.1. The predicted molar refractivity (Wildman–Crippen MR) is 72.8 cm³/mol. The van der Waals surface area contributed by atoms with Crippen molar-refractivity contribution in [2.24, 2.45) is 5.92 Å². The quantitative estimate of drug-likeness (QED) is 0.604. The van der Waals surface area contributed by atoms with E-state index in [0.717, 1.165) is 17.9 Å². The lowest BCUT2D eigenvalue weighted by Crippen LogP contribution is -2.02. The molecule has 0 nitrogen and oxygen atoms in total. The Balaban J connectivity index is 2.49. The summed E-state index contributed by atoms with van der Waals surface area (Å²) in [5, 5.41) is 0. The van der Waals surface area contributed by atoms with Crippen LogP contribution < -0.4 is 0 Å². The third-order valence-corrected chi connectivity index (χ3v) is 3.46. The van der Waals surface area contributed by atoms with Gasteiger partial charge in [-0.3, -0.25) is 0 Å². The number of halogens is 1. The van der Waals surface area contributed by atoms with Crippen molar-refractivity contribution in [1.29, 1.82) is 0 Å². The zero-order valence-corrected chi connectivity index (χ0v) is 11.4. The van der Waals surface area contributed by atoms with Gasteiger partial charge in [0.05, 0.1) is 0 Å². The highest BCUT2D eigenvalue weighted by atomic mass is 19.1. The summed E-state index contributed by atoms with van der Waals surface area (Å²) in [5.41, 5.74) is 2.05. The highest BCUT2D eigenvalue weighted by molar-refractivity contribution is 5.23. The zero-order valence-electron chi connectivity index (χ0n) is 11.4. The molecule has 0 N–H and O–H groups in total. The molecule has 17 heavy (non-hydrogen) atoms. The van der Waals surface area contributed by atoms with Crippen molar-refractivity contribution in [2.45, 2.75) is 59.3 Å². The molecule has 0 aliphatic rings. The molecular weight excluding hydrogens is 211 g/mol. The van der Waals surface area contributed by atoms with E-state index in [1.54, 1.807) is 6.07 Å². The van der Waals surface area contributed by atoms with E-state index in [-0.39, 0.29) is 5.82 Å². The highest BCUT2D eigenvalue weighted by Crippen LogP contribution is 2.21. The average Bonchev–Trinajstić information content (AvgIpc) is 2.31. The lowest BCUT2D eigenvalue weighted by atomic mass is 9.91. The molecule has 0 heterocycles. The largest absolute Gasteiger partial charge is 0.207 e. The molecule has 1 aromatic rings. The van der Waals surface area contributed by atoms with Crippen LogP contribution in [0.4, 0.5) is 4.39 Å². The summed E-state index contributed by atoms with van der Waals surface area (Å²) in [7, 11) is 0. The van der Waals surface area contributed by atoms with Crippen LogP contribution in [0.3, 0.4) is 0 Å². The second-order valence-corrected chi connectivity index (χ2v) is 5.07. The Morgan fingerprint density at radius 3 is 2.24 bits per heavy atom. The van der Waals surface area contributed by atoms with Gasteiger partial charge in [0.25, 0.3) is 0 Å². The monoisotopic (exact) mass is 236 g/mol. The smallest absolute Gasteiger partial charge is 0.126 e. The number of rotatable bonds is 7. The van der Waals surface area contributed by atoms with Crippen molar-refractivity contribution < 1.29 is 4.39 Å².